The van der Waals surface area contributed by atoms with E-state index in [4.69, 9.17) is 0 Å². The number of benzene rings is 1. The first-order chi connectivity index (χ1) is 9.22. The topological polar surface area (TPSA) is 20.3 Å². The summed E-state index contributed by atoms with van der Waals surface area (Å²) in [7, 11) is 0. The fraction of sp³-hybridized carbons (Fsp3) is 0.562. The summed E-state index contributed by atoms with van der Waals surface area (Å²) in [6, 6.07) is 7.10. The van der Waals surface area contributed by atoms with Crippen molar-refractivity contribution < 1.29 is 9.18 Å². The van der Waals surface area contributed by atoms with E-state index >= 15 is 0 Å². The molecule has 0 spiro atoms. The molecule has 0 saturated carbocycles. The Morgan fingerprint density at radius 2 is 2.16 bits per heavy atom. The molecule has 0 aromatic heterocycles. The van der Waals surface area contributed by atoms with Gasteiger partial charge in [-0.1, -0.05) is 25.1 Å². The van der Waals surface area contributed by atoms with Crippen molar-refractivity contribution in [2.45, 2.75) is 51.5 Å². The second-order valence-corrected chi connectivity index (χ2v) is 5.24. The van der Waals surface area contributed by atoms with E-state index in [0.29, 0.717) is 24.4 Å². The molecule has 1 aromatic carbocycles. The van der Waals surface area contributed by atoms with Crippen molar-refractivity contribution in [3.8, 4) is 0 Å². The van der Waals surface area contributed by atoms with Gasteiger partial charge in [-0.2, -0.15) is 0 Å². The maximum Gasteiger partial charge on any atom is 0.223 e. The quantitative estimate of drug-likeness (QED) is 0.813. The SMILES string of the molecule is CCC1CCCCN1C(=O)CCc1ccccc1F. The number of rotatable bonds is 4. The van der Waals surface area contributed by atoms with E-state index in [9.17, 15) is 9.18 Å². The van der Waals surface area contributed by atoms with E-state index in [-0.39, 0.29) is 11.7 Å². The summed E-state index contributed by atoms with van der Waals surface area (Å²) in [5.41, 5.74) is 0.640. The number of carbonyl (C=O) groups is 1. The normalized spacial score (nSPS) is 19.5. The molecule has 1 aliphatic rings. The predicted molar refractivity (Wildman–Crippen MR) is 74.4 cm³/mol. The summed E-state index contributed by atoms with van der Waals surface area (Å²) in [6.07, 6.45) is 5.36. The van der Waals surface area contributed by atoms with Gasteiger partial charge in [-0.25, -0.2) is 4.39 Å². The first kappa shape index (κ1) is 14.0. The number of carbonyl (C=O) groups excluding carboxylic acids is 1. The number of halogens is 1. The average molecular weight is 263 g/mol. The van der Waals surface area contributed by atoms with Crippen LogP contribution >= 0.6 is 0 Å². The summed E-state index contributed by atoms with van der Waals surface area (Å²) < 4.78 is 13.5. The number of hydrogen-bond acceptors (Lipinski definition) is 1. The van der Waals surface area contributed by atoms with Crippen molar-refractivity contribution in [2.24, 2.45) is 0 Å². The lowest BCUT2D eigenvalue weighted by Gasteiger charge is -2.35. The maximum absolute atomic E-state index is 13.5. The molecule has 104 valence electrons. The molecule has 1 aliphatic heterocycles. The average Bonchev–Trinajstić information content (AvgIpc) is 2.46. The minimum atomic E-state index is -0.207. The fourth-order valence-electron chi connectivity index (χ4n) is 2.84. The monoisotopic (exact) mass is 263 g/mol. The van der Waals surface area contributed by atoms with Gasteiger partial charge in [0.25, 0.3) is 0 Å². The molecule has 0 N–H and O–H groups in total. The molecule has 0 aliphatic carbocycles. The Balaban J connectivity index is 1.92. The first-order valence-corrected chi connectivity index (χ1v) is 7.25. The molecule has 2 rings (SSSR count). The van der Waals surface area contributed by atoms with Crippen LogP contribution in [0.5, 0.6) is 0 Å². The van der Waals surface area contributed by atoms with Crippen LogP contribution in [0.4, 0.5) is 4.39 Å². The Morgan fingerprint density at radius 3 is 2.89 bits per heavy atom. The third-order valence-corrected chi connectivity index (χ3v) is 3.98. The van der Waals surface area contributed by atoms with Gasteiger partial charge >= 0.3 is 0 Å². The zero-order valence-electron chi connectivity index (χ0n) is 11.6. The van der Waals surface area contributed by atoms with E-state index in [2.05, 4.69) is 6.92 Å². The second kappa shape index (κ2) is 6.69. The molecule has 3 heteroatoms. The first-order valence-electron chi connectivity index (χ1n) is 7.25. The molecule has 19 heavy (non-hydrogen) atoms. The smallest absolute Gasteiger partial charge is 0.223 e. The number of piperidine rings is 1. The molecule has 1 atom stereocenters. The van der Waals surface area contributed by atoms with Gasteiger partial charge in [0.2, 0.25) is 5.91 Å². The van der Waals surface area contributed by atoms with Gasteiger partial charge in [0.1, 0.15) is 5.82 Å². The van der Waals surface area contributed by atoms with Crippen molar-refractivity contribution >= 4 is 5.91 Å². The van der Waals surface area contributed by atoms with Crippen LogP contribution in [-0.2, 0) is 11.2 Å². The molecular weight excluding hydrogens is 241 g/mol. The van der Waals surface area contributed by atoms with Gasteiger partial charge in [-0.15, -0.1) is 0 Å². The largest absolute Gasteiger partial charge is 0.340 e. The van der Waals surface area contributed by atoms with Crippen LogP contribution in [0.25, 0.3) is 0 Å². The Bertz CT molecular complexity index is 433. The van der Waals surface area contributed by atoms with Gasteiger partial charge in [0, 0.05) is 19.0 Å². The lowest BCUT2D eigenvalue weighted by Crippen LogP contribution is -2.43. The number of likely N-dealkylation sites (tertiary alicyclic amines) is 1. The molecule has 1 saturated heterocycles. The van der Waals surface area contributed by atoms with Crippen LogP contribution in [0.15, 0.2) is 24.3 Å². The predicted octanol–water partition coefficient (Wildman–Crippen LogP) is 3.55. The highest BCUT2D eigenvalue weighted by molar-refractivity contribution is 5.76. The number of aryl methyl sites for hydroxylation is 1. The third kappa shape index (κ3) is 3.55. The molecule has 1 fully saturated rings. The van der Waals surface area contributed by atoms with Crippen LogP contribution in [-0.4, -0.2) is 23.4 Å². The minimum absolute atomic E-state index is 0.176. The molecule has 2 nitrogen and oxygen atoms in total. The molecule has 1 aromatic rings. The van der Waals surface area contributed by atoms with Gasteiger partial charge < -0.3 is 4.90 Å². The summed E-state index contributed by atoms with van der Waals surface area (Å²) in [6.45, 7) is 3.00. The van der Waals surface area contributed by atoms with Crippen LogP contribution in [0.1, 0.15) is 44.6 Å². The van der Waals surface area contributed by atoms with Gasteiger partial charge in [-0.3, -0.25) is 4.79 Å². The Kier molecular flexibility index (Phi) is 4.94. The third-order valence-electron chi connectivity index (χ3n) is 3.98. The molecule has 0 bridgehead atoms. The maximum atomic E-state index is 13.5. The lowest BCUT2D eigenvalue weighted by atomic mass is 9.99. The zero-order chi connectivity index (χ0) is 13.7. The summed E-state index contributed by atoms with van der Waals surface area (Å²) in [5, 5.41) is 0. The van der Waals surface area contributed by atoms with Crippen molar-refractivity contribution in [1.82, 2.24) is 4.90 Å². The highest BCUT2D eigenvalue weighted by atomic mass is 19.1. The Labute approximate surface area is 114 Å². The minimum Gasteiger partial charge on any atom is -0.340 e. The molecule has 1 heterocycles. The van der Waals surface area contributed by atoms with Gasteiger partial charge in [-0.05, 0) is 43.7 Å². The van der Waals surface area contributed by atoms with E-state index in [1.807, 2.05) is 11.0 Å². The van der Waals surface area contributed by atoms with E-state index < -0.39 is 0 Å². The molecular formula is C16H22FNO. The van der Waals surface area contributed by atoms with Crippen LogP contribution in [0.3, 0.4) is 0 Å². The molecule has 0 radical (unpaired) electrons. The van der Waals surface area contributed by atoms with Crippen molar-refractivity contribution in [1.29, 1.82) is 0 Å². The number of nitrogens with zero attached hydrogens (tertiary/aromatic N) is 1. The number of hydrogen-bond donors (Lipinski definition) is 0. The van der Waals surface area contributed by atoms with Crippen molar-refractivity contribution in [2.75, 3.05) is 6.54 Å². The standard InChI is InChI=1S/C16H22FNO/c1-2-14-8-5-6-12-18(14)16(19)11-10-13-7-3-4-9-15(13)17/h3-4,7,9,14H,2,5-6,8,10-12H2,1H3. The fourth-order valence-corrected chi connectivity index (χ4v) is 2.84. The van der Waals surface area contributed by atoms with Gasteiger partial charge in [0.15, 0.2) is 0 Å². The zero-order valence-corrected chi connectivity index (χ0v) is 11.6. The highest BCUT2D eigenvalue weighted by Gasteiger charge is 2.24. The summed E-state index contributed by atoms with van der Waals surface area (Å²) in [5.74, 6) is -0.0317. The van der Waals surface area contributed by atoms with Crippen molar-refractivity contribution in [3.05, 3.63) is 35.6 Å². The van der Waals surface area contributed by atoms with Crippen molar-refractivity contribution in [3.63, 3.8) is 0 Å². The van der Waals surface area contributed by atoms with E-state index in [1.54, 1.807) is 12.1 Å². The Morgan fingerprint density at radius 1 is 1.37 bits per heavy atom. The molecule has 1 unspecified atom stereocenters. The van der Waals surface area contributed by atoms with Crippen LogP contribution in [0.2, 0.25) is 0 Å². The second-order valence-electron chi connectivity index (χ2n) is 5.24. The van der Waals surface area contributed by atoms with E-state index in [0.717, 1.165) is 25.8 Å². The van der Waals surface area contributed by atoms with E-state index in [1.165, 1.54) is 12.5 Å². The Hall–Kier alpha value is -1.38. The summed E-state index contributed by atoms with van der Waals surface area (Å²) >= 11 is 0. The molecule has 1 amide bonds. The highest BCUT2D eigenvalue weighted by Crippen LogP contribution is 2.21. The van der Waals surface area contributed by atoms with Crippen LogP contribution in [0, 0.1) is 5.82 Å². The lowest BCUT2D eigenvalue weighted by molar-refractivity contribution is -0.134. The summed E-state index contributed by atoms with van der Waals surface area (Å²) in [4.78, 5) is 14.3. The number of amides is 1. The van der Waals surface area contributed by atoms with Gasteiger partial charge in [0.05, 0.1) is 0 Å². The van der Waals surface area contributed by atoms with Crippen LogP contribution < -0.4 is 0 Å².